The fourth-order valence-corrected chi connectivity index (χ4v) is 2.68. The van der Waals surface area contributed by atoms with Crippen LogP contribution in [0.4, 0.5) is 5.69 Å². The summed E-state index contributed by atoms with van der Waals surface area (Å²) in [6.45, 7) is 1.38. The molecule has 0 amide bonds. The molecule has 0 atom stereocenters. The quantitative estimate of drug-likeness (QED) is 0.811. The van der Waals surface area contributed by atoms with Crippen molar-refractivity contribution in [2.45, 2.75) is 6.92 Å². The second-order valence-corrected chi connectivity index (χ2v) is 5.67. The van der Waals surface area contributed by atoms with Gasteiger partial charge in [-0.2, -0.15) is 0 Å². The van der Waals surface area contributed by atoms with E-state index in [1.807, 2.05) is 0 Å². The molecule has 0 radical (unpaired) electrons. The Hall–Kier alpha value is -1.96. The number of carbonyl (C=O) groups is 2. The first-order valence-corrected chi connectivity index (χ1v) is 7.51. The standard InChI is InChI=1S/C15H15Cl2NO6/c1-7-9(16)4-10(13(19)11(7)17)18-6-24-5-8(14(20)22-2)12(18)15(21)23-3/h4,19H,5-6H2,1-3H3. The molecule has 24 heavy (non-hydrogen) atoms. The minimum Gasteiger partial charge on any atom is -0.504 e. The van der Waals surface area contributed by atoms with Crippen LogP contribution in [-0.2, 0) is 23.8 Å². The number of ether oxygens (including phenoxy) is 3. The van der Waals surface area contributed by atoms with Crippen LogP contribution in [0.3, 0.4) is 0 Å². The highest BCUT2D eigenvalue weighted by molar-refractivity contribution is 6.37. The first kappa shape index (κ1) is 18.4. The van der Waals surface area contributed by atoms with Gasteiger partial charge in [-0.25, -0.2) is 9.59 Å². The second-order valence-electron chi connectivity index (χ2n) is 4.88. The third-order valence-corrected chi connectivity index (χ3v) is 4.38. The number of carbonyl (C=O) groups excluding carboxylic acids is 2. The lowest BCUT2D eigenvalue weighted by molar-refractivity contribution is -0.140. The molecule has 0 bridgehead atoms. The van der Waals surface area contributed by atoms with Crippen molar-refractivity contribution in [1.29, 1.82) is 0 Å². The minimum atomic E-state index is -0.786. The van der Waals surface area contributed by atoms with Gasteiger partial charge in [0.25, 0.3) is 0 Å². The minimum absolute atomic E-state index is 0.0342. The van der Waals surface area contributed by atoms with E-state index >= 15 is 0 Å². The molecule has 0 aromatic heterocycles. The molecule has 0 saturated heterocycles. The van der Waals surface area contributed by atoms with E-state index in [2.05, 4.69) is 4.74 Å². The van der Waals surface area contributed by atoms with Crippen LogP contribution < -0.4 is 4.90 Å². The Morgan fingerprint density at radius 1 is 1.25 bits per heavy atom. The van der Waals surface area contributed by atoms with E-state index in [4.69, 9.17) is 32.7 Å². The van der Waals surface area contributed by atoms with Crippen LogP contribution in [0.25, 0.3) is 0 Å². The fraction of sp³-hybridized carbons (Fsp3) is 0.333. The summed E-state index contributed by atoms with van der Waals surface area (Å²) in [4.78, 5) is 25.4. The van der Waals surface area contributed by atoms with Crippen molar-refractivity contribution in [3.63, 3.8) is 0 Å². The summed E-state index contributed by atoms with van der Waals surface area (Å²) in [5.74, 6) is -1.83. The first-order valence-electron chi connectivity index (χ1n) is 6.76. The predicted octanol–water partition coefficient (Wildman–Crippen LogP) is 2.40. The summed E-state index contributed by atoms with van der Waals surface area (Å²) in [6, 6.07) is 1.42. The van der Waals surface area contributed by atoms with Crippen molar-refractivity contribution in [3.8, 4) is 5.75 Å². The molecule has 0 unspecified atom stereocenters. The molecule has 7 nitrogen and oxygen atoms in total. The number of phenolic OH excluding ortho intramolecular Hbond substituents is 1. The average molecular weight is 376 g/mol. The second kappa shape index (κ2) is 7.29. The van der Waals surface area contributed by atoms with Crippen molar-refractivity contribution in [2.75, 3.05) is 32.5 Å². The molecule has 1 N–H and O–H groups in total. The Balaban J connectivity index is 2.68. The number of methoxy groups -OCH3 is 2. The van der Waals surface area contributed by atoms with Gasteiger partial charge < -0.3 is 24.2 Å². The number of rotatable bonds is 3. The Labute approximate surface area is 148 Å². The Bertz CT molecular complexity index is 731. The zero-order chi connectivity index (χ0) is 18.0. The van der Waals surface area contributed by atoms with Crippen molar-refractivity contribution in [3.05, 3.63) is 32.9 Å². The van der Waals surface area contributed by atoms with E-state index in [-0.39, 0.29) is 46.1 Å². The van der Waals surface area contributed by atoms with Gasteiger partial charge >= 0.3 is 11.9 Å². The van der Waals surface area contributed by atoms with Crippen molar-refractivity contribution in [1.82, 2.24) is 0 Å². The number of nitrogens with zero attached hydrogens (tertiary/aromatic N) is 1. The van der Waals surface area contributed by atoms with Crippen molar-refractivity contribution in [2.24, 2.45) is 0 Å². The number of phenols is 1. The van der Waals surface area contributed by atoms with Crippen LogP contribution in [0, 0.1) is 6.92 Å². The smallest absolute Gasteiger partial charge is 0.355 e. The zero-order valence-electron chi connectivity index (χ0n) is 13.2. The highest BCUT2D eigenvalue weighted by Gasteiger charge is 2.34. The third kappa shape index (κ3) is 3.15. The van der Waals surface area contributed by atoms with E-state index in [1.54, 1.807) is 6.92 Å². The van der Waals surface area contributed by atoms with E-state index < -0.39 is 11.9 Å². The number of aromatic hydroxyl groups is 1. The van der Waals surface area contributed by atoms with Gasteiger partial charge in [0.1, 0.15) is 12.4 Å². The SMILES string of the molecule is COC(=O)C1=C(C(=O)OC)N(c2cc(Cl)c(C)c(Cl)c2O)COC1. The number of benzene rings is 1. The van der Waals surface area contributed by atoms with Gasteiger partial charge in [-0.15, -0.1) is 0 Å². The third-order valence-electron chi connectivity index (χ3n) is 3.53. The Kier molecular flexibility index (Phi) is 5.58. The number of hydrogen-bond acceptors (Lipinski definition) is 7. The van der Waals surface area contributed by atoms with E-state index in [0.717, 1.165) is 0 Å². The lowest BCUT2D eigenvalue weighted by Gasteiger charge is -2.32. The number of anilines is 1. The maximum absolute atomic E-state index is 12.2. The number of hydrogen-bond donors (Lipinski definition) is 1. The predicted molar refractivity (Wildman–Crippen MR) is 87.2 cm³/mol. The van der Waals surface area contributed by atoms with Gasteiger partial charge in [-0.05, 0) is 18.6 Å². The first-order chi connectivity index (χ1) is 11.3. The van der Waals surface area contributed by atoms with Crippen LogP contribution in [0.1, 0.15) is 5.56 Å². The summed E-state index contributed by atoms with van der Waals surface area (Å²) in [5.41, 5.74) is 0.441. The van der Waals surface area contributed by atoms with Crippen LogP contribution >= 0.6 is 23.2 Å². The molecular formula is C15H15Cl2NO6. The normalized spacial score (nSPS) is 14.6. The fourth-order valence-electron chi connectivity index (χ4n) is 2.23. The summed E-state index contributed by atoms with van der Waals surface area (Å²) in [7, 11) is 2.35. The van der Waals surface area contributed by atoms with E-state index in [9.17, 15) is 14.7 Å². The Morgan fingerprint density at radius 3 is 2.46 bits per heavy atom. The molecule has 2 rings (SSSR count). The van der Waals surface area contributed by atoms with Gasteiger partial charge in [0, 0.05) is 5.02 Å². The number of halogens is 2. The summed E-state index contributed by atoms with van der Waals surface area (Å²) >= 11 is 12.2. The topological polar surface area (TPSA) is 85.3 Å². The monoisotopic (exact) mass is 375 g/mol. The molecule has 0 spiro atoms. The molecule has 0 saturated carbocycles. The summed E-state index contributed by atoms with van der Waals surface area (Å²) < 4.78 is 14.7. The van der Waals surface area contributed by atoms with E-state index in [0.29, 0.717) is 5.56 Å². The average Bonchev–Trinajstić information content (AvgIpc) is 2.60. The molecule has 1 aliphatic rings. The van der Waals surface area contributed by atoms with Gasteiger partial charge in [-0.3, -0.25) is 0 Å². The van der Waals surface area contributed by atoms with Gasteiger partial charge in [0.2, 0.25) is 0 Å². The summed E-state index contributed by atoms with van der Waals surface area (Å²) in [6.07, 6.45) is 0. The van der Waals surface area contributed by atoms with Crippen LogP contribution in [0.5, 0.6) is 5.75 Å². The highest BCUT2D eigenvalue weighted by atomic mass is 35.5. The molecule has 1 aliphatic heterocycles. The molecule has 1 aromatic rings. The van der Waals surface area contributed by atoms with Gasteiger partial charge in [-0.1, -0.05) is 23.2 Å². The molecule has 130 valence electrons. The van der Waals surface area contributed by atoms with Crippen molar-refractivity contribution >= 4 is 40.8 Å². The Morgan fingerprint density at radius 2 is 1.88 bits per heavy atom. The summed E-state index contributed by atoms with van der Waals surface area (Å²) in [5, 5.41) is 10.6. The van der Waals surface area contributed by atoms with Gasteiger partial charge in [0.15, 0.2) is 5.75 Å². The molecule has 0 aliphatic carbocycles. The molecule has 1 aromatic carbocycles. The van der Waals surface area contributed by atoms with Crippen LogP contribution in [-0.4, -0.2) is 44.6 Å². The zero-order valence-corrected chi connectivity index (χ0v) is 14.7. The number of esters is 2. The largest absolute Gasteiger partial charge is 0.504 e. The van der Waals surface area contributed by atoms with E-state index in [1.165, 1.54) is 25.2 Å². The van der Waals surface area contributed by atoms with Crippen LogP contribution in [0.2, 0.25) is 10.0 Å². The highest BCUT2D eigenvalue weighted by Crippen LogP contribution is 2.42. The molecule has 0 fully saturated rings. The lowest BCUT2D eigenvalue weighted by atomic mass is 10.1. The molecular weight excluding hydrogens is 361 g/mol. The van der Waals surface area contributed by atoms with Crippen LogP contribution in [0.15, 0.2) is 17.3 Å². The van der Waals surface area contributed by atoms with Crippen molar-refractivity contribution < 1.29 is 28.9 Å². The lowest BCUT2D eigenvalue weighted by Crippen LogP contribution is -2.38. The maximum atomic E-state index is 12.2. The maximum Gasteiger partial charge on any atom is 0.355 e. The molecule has 1 heterocycles. The molecule has 9 heteroatoms. The van der Waals surface area contributed by atoms with Gasteiger partial charge in [0.05, 0.1) is 37.1 Å².